The molecule has 0 aromatic carbocycles. The van der Waals surface area contributed by atoms with Gasteiger partial charge in [0.05, 0.1) is 12.2 Å². The van der Waals surface area contributed by atoms with E-state index in [1.807, 2.05) is 13.8 Å². The van der Waals surface area contributed by atoms with Crippen LogP contribution in [0.3, 0.4) is 0 Å². The molecule has 0 amide bonds. The molecule has 0 bridgehead atoms. The highest BCUT2D eigenvalue weighted by Gasteiger charge is 2.22. The van der Waals surface area contributed by atoms with Gasteiger partial charge >= 0.3 is 0 Å². The van der Waals surface area contributed by atoms with Crippen molar-refractivity contribution in [2.24, 2.45) is 5.92 Å². The van der Waals surface area contributed by atoms with Crippen LogP contribution in [-0.4, -0.2) is 22.4 Å². The third-order valence-electron chi connectivity index (χ3n) is 2.05. The quantitative estimate of drug-likeness (QED) is 0.606. The van der Waals surface area contributed by atoms with Gasteiger partial charge in [0.2, 0.25) is 0 Å². The Kier molecular flexibility index (Phi) is 4.38. The summed E-state index contributed by atoms with van der Waals surface area (Å²) in [6, 6.07) is 0. The van der Waals surface area contributed by atoms with Crippen molar-refractivity contribution in [3.63, 3.8) is 0 Å². The predicted molar refractivity (Wildman–Crippen MR) is 46.3 cm³/mol. The molecule has 1 unspecified atom stereocenters. The van der Waals surface area contributed by atoms with Crippen molar-refractivity contribution in [1.82, 2.24) is 0 Å². The minimum atomic E-state index is -0.647. The van der Waals surface area contributed by atoms with Crippen molar-refractivity contribution in [1.29, 1.82) is 0 Å². The zero-order valence-corrected chi connectivity index (χ0v) is 7.54. The second-order valence-corrected chi connectivity index (χ2v) is 3.37. The zero-order chi connectivity index (χ0) is 8.91. The molecular weight excluding hydrogens is 140 g/mol. The van der Waals surface area contributed by atoms with Gasteiger partial charge in [-0.25, -0.2) is 0 Å². The lowest BCUT2D eigenvalue weighted by molar-refractivity contribution is 0.0164. The van der Waals surface area contributed by atoms with Gasteiger partial charge in [-0.1, -0.05) is 26.0 Å². The molecule has 0 saturated carbocycles. The third-order valence-corrected chi connectivity index (χ3v) is 2.05. The Balaban J connectivity index is 3.82. The summed E-state index contributed by atoms with van der Waals surface area (Å²) < 4.78 is 0. The largest absolute Gasteiger partial charge is 0.392 e. The van der Waals surface area contributed by atoms with E-state index in [0.29, 0.717) is 6.42 Å². The summed E-state index contributed by atoms with van der Waals surface area (Å²) in [6.07, 6.45) is 4.06. The molecule has 2 heteroatoms. The van der Waals surface area contributed by atoms with Gasteiger partial charge in [-0.05, 0) is 19.3 Å². The van der Waals surface area contributed by atoms with E-state index >= 15 is 0 Å². The maximum absolute atomic E-state index is 9.69. The summed E-state index contributed by atoms with van der Waals surface area (Å²) in [4.78, 5) is 0. The Bertz CT molecular complexity index is 126. The minimum Gasteiger partial charge on any atom is -0.392 e. The molecule has 0 aliphatic carbocycles. The molecule has 0 aliphatic rings. The van der Waals surface area contributed by atoms with Gasteiger partial charge < -0.3 is 10.2 Å². The van der Waals surface area contributed by atoms with E-state index < -0.39 is 5.60 Å². The third kappa shape index (κ3) is 4.17. The maximum atomic E-state index is 9.69. The first-order valence-electron chi connectivity index (χ1n) is 3.99. The number of aliphatic hydroxyl groups excluding tert-OH is 1. The number of hydrogen-bond acceptors (Lipinski definition) is 2. The SMILES string of the molecule is CC(C)C(C)(O)CC=CCO. The Hall–Kier alpha value is -0.340. The van der Waals surface area contributed by atoms with Crippen LogP contribution in [0, 0.1) is 5.92 Å². The molecule has 2 N–H and O–H groups in total. The van der Waals surface area contributed by atoms with Gasteiger partial charge in [0.25, 0.3) is 0 Å². The number of aliphatic hydroxyl groups is 2. The first kappa shape index (κ1) is 10.7. The Morgan fingerprint density at radius 3 is 2.27 bits per heavy atom. The molecule has 11 heavy (non-hydrogen) atoms. The fraction of sp³-hybridized carbons (Fsp3) is 0.778. The molecule has 0 fully saturated rings. The van der Waals surface area contributed by atoms with Crippen LogP contribution in [0.4, 0.5) is 0 Å². The average Bonchev–Trinajstić information content (AvgIpc) is 1.88. The highest BCUT2D eigenvalue weighted by molar-refractivity contribution is 4.90. The van der Waals surface area contributed by atoms with E-state index in [-0.39, 0.29) is 12.5 Å². The monoisotopic (exact) mass is 158 g/mol. The lowest BCUT2D eigenvalue weighted by Crippen LogP contribution is -2.29. The topological polar surface area (TPSA) is 40.5 Å². The molecule has 0 aromatic heterocycles. The van der Waals surface area contributed by atoms with Crippen LogP contribution in [0.2, 0.25) is 0 Å². The van der Waals surface area contributed by atoms with Gasteiger partial charge in [0, 0.05) is 0 Å². The molecule has 0 saturated heterocycles. The van der Waals surface area contributed by atoms with Gasteiger partial charge in [0.15, 0.2) is 0 Å². The van der Waals surface area contributed by atoms with Crippen molar-refractivity contribution in [2.75, 3.05) is 6.61 Å². The Labute approximate surface area is 68.6 Å². The van der Waals surface area contributed by atoms with Crippen molar-refractivity contribution < 1.29 is 10.2 Å². The van der Waals surface area contributed by atoms with E-state index in [0.717, 1.165) is 0 Å². The van der Waals surface area contributed by atoms with Crippen molar-refractivity contribution >= 4 is 0 Å². The van der Waals surface area contributed by atoms with Gasteiger partial charge in [-0.3, -0.25) is 0 Å². The minimum absolute atomic E-state index is 0.0498. The van der Waals surface area contributed by atoms with Crippen LogP contribution < -0.4 is 0 Å². The lowest BCUT2D eigenvalue weighted by atomic mass is 9.89. The summed E-state index contributed by atoms with van der Waals surface area (Å²) in [5.41, 5.74) is -0.647. The molecule has 0 rings (SSSR count). The van der Waals surface area contributed by atoms with Gasteiger partial charge in [-0.2, -0.15) is 0 Å². The standard InChI is InChI=1S/C9H18O2/c1-8(2)9(3,11)6-4-5-7-10/h4-5,8,10-11H,6-7H2,1-3H3. The summed E-state index contributed by atoms with van der Waals surface area (Å²) >= 11 is 0. The van der Waals surface area contributed by atoms with Gasteiger partial charge in [-0.15, -0.1) is 0 Å². The second-order valence-electron chi connectivity index (χ2n) is 3.37. The van der Waals surface area contributed by atoms with E-state index in [2.05, 4.69) is 0 Å². The van der Waals surface area contributed by atoms with Crippen LogP contribution in [0.25, 0.3) is 0 Å². The van der Waals surface area contributed by atoms with Gasteiger partial charge in [0.1, 0.15) is 0 Å². The first-order valence-corrected chi connectivity index (χ1v) is 3.99. The van der Waals surface area contributed by atoms with Crippen LogP contribution >= 0.6 is 0 Å². The number of hydrogen-bond donors (Lipinski definition) is 2. The molecule has 0 aliphatic heterocycles. The van der Waals surface area contributed by atoms with Crippen LogP contribution in [0.15, 0.2) is 12.2 Å². The molecular formula is C9H18O2. The van der Waals surface area contributed by atoms with Crippen molar-refractivity contribution in [2.45, 2.75) is 32.8 Å². The van der Waals surface area contributed by atoms with E-state index in [1.54, 1.807) is 19.1 Å². The predicted octanol–water partition coefficient (Wildman–Crippen LogP) is 1.33. The number of rotatable bonds is 4. The second kappa shape index (κ2) is 4.52. The summed E-state index contributed by atoms with van der Waals surface area (Å²) in [6.45, 7) is 5.81. The average molecular weight is 158 g/mol. The summed E-state index contributed by atoms with van der Waals surface area (Å²) in [5, 5.41) is 18.1. The molecule has 0 spiro atoms. The summed E-state index contributed by atoms with van der Waals surface area (Å²) in [5.74, 6) is 0.242. The highest BCUT2D eigenvalue weighted by Crippen LogP contribution is 2.20. The fourth-order valence-electron chi connectivity index (χ4n) is 0.632. The normalized spacial score (nSPS) is 17.6. The van der Waals surface area contributed by atoms with Crippen molar-refractivity contribution in [3.8, 4) is 0 Å². The Morgan fingerprint density at radius 2 is 1.91 bits per heavy atom. The maximum Gasteiger partial charge on any atom is 0.0676 e. The Morgan fingerprint density at radius 1 is 1.36 bits per heavy atom. The molecule has 2 nitrogen and oxygen atoms in total. The first-order chi connectivity index (χ1) is 5.00. The lowest BCUT2D eigenvalue weighted by Gasteiger charge is -2.25. The van der Waals surface area contributed by atoms with E-state index in [9.17, 15) is 5.11 Å². The fourth-order valence-corrected chi connectivity index (χ4v) is 0.632. The van der Waals surface area contributed by atoms with Crippen LogP contribution in [0.1, 0.15) is 27.2 Å². The van der Waals surface area contributed by atoms with E-state index in [1.165, 1.54) is 0 Å². The molecule has 0 aromatic rings. The molecule has 1 atom stereocenters. The molecule has 0 heterocycles. The smallest absolute Gasteiger partial charge is 0.0676 e. The van der Waals surface area contributed by atoms with Crippen molar-refractivity contribution in [3.05, 3.63) is 12.2 Å². The van der Waals surface area contributed by atoms with E-state index in [4.69, 9.17) is 5.11 Å². The van der Waals surface area contributed by atoms with Crippen LogP contribution in [0.5, 0.6) is 0 Å². The highest BCUT2D eigenvalue weighted by atomic mass is 16.3. The zero-order valence-electron chi connectivity index (χ0n) is 7.54. The molecule has 0 radical (unpaired) electrons. The van der Waals surface area contributed by atoms with Crippen LogP contribution in [-0.2, 0) is 0 Å². The summed E-state index contributed by atoms with van der Waals surface area (Å²) in [7, 11) is 0. The molecule has 66 valence electrons.